The van der Waals surface area contributed by atoms with Gasteiger partial charge in [-0.3, -0.25) is 14.5 Å². The molecule has 0 radical (unpaired) electrons. The molecule has 0 spiro atoms. The first kappa shape index (κ1) is 22.3. The second-order valence-corrected chi connectivity index (χ2v) is 8.84. The second kappa shape index (κ2) is 9.74. The highest BCUT2D eigenvalue weighted by molar-refractivity contribution is 5.84. The van der Waals surface area contributed by atoms with Gasteiger partial charge in [0.2, 0.25) is 5.91 Å². The molecule has 7 nitrogen and oxygen atoms in total. The molecule has 2 aliphatic heterocycles. The topological polar surface area (TPSA) is 78.6 Å². The van der Waals surface area contributed by atoms with Gasteiger partial charge in [-0.15, -0.1) is 0 Å². The number of ether oxygens (including phenoxy) is 1. The molecule has 4 rings (SSSR count). The average molecular weight is 437 g/mol. The molecule has 2 aromatic rings. The minimum absolute atomic E-state index is 0.170. The van der Waals surface area contributed by atoms with E-state index in [9.17, 15) is 14.9 Å². The summed E-state index contributed by atoms with van der Waals surface area (Å²) in [6.07, 6.45) is 5.63. The monoisotopic (exact) mass is 436 g/mol. The van der Waals surface area contributed by atoms with Crippen LogP contribution in [-0.4, -0.2) is 65.1 Å². The number of fused-ring (bicyclic) bond motifs is 1. The quantitative estimate of drug-likeness (QED) is 0.623. The maximum atomic E-state index is 13.4. The Morgan fingerprint density at radius 3 is 2.75 bits per heavy atom. The molecule has 2 fully saturated rings. The fraction of sp³-hybridized carbons (Fsp3) is 0.560. The number of aryl methyl sites for hydroxylation is 2. The van der Waals surface area contributed by atoms with Crippen LogP contribution >= 0.6 is 0 Å². The molecule has 0 aliphatic carbocycles. The number of aromatic nitrogens is 1. The van der Waals surface area contributed by atoms with Crippen molar-refractivity contribution in [2.24, 2.45) is 0 Å². The van der Waals surface area contributed by atoms with Crippen LogP contribution in [0.5, 0.6) is 0 Å². The zero-order valence-corrected chi connectivity index (χ0v) is 19.0. The van der Waals surface area contributed by atoms with Crippen molar-refractivity contribution >= 4 is 22.8 Å². The Labute approximate surface area is 189 Å². The number of carbonyl (C=O) groups excluding carboxylic acids is 2. The van der Waals surface area contributed by atoms with Gasteiger partial charge in [-0.1, -0.05) is 6.07 Å². The summed E-state index contributed by atoms with van der Waals surface area (Å²) in [5.41, 5.74) is 3.04. The Morgan fingerprint density at radius 1 is 1.19 bits per heavy atom. The lowest BCUT2D eigenvalue weighted by atomic mass is 10.1. The molecular weight excluding hydrogens is 404 g/mol. The van der Waals surface area contributed by atoms with Crippen molar-refractivity contribution in [2.45, 2.75) is 64.1 Å². The van der Waals surface area contributed by atoms with Crippen LogP contribution in [0.25, 0.3) is 10.9 Å². The highest BCUT2D eigenvalue weighted by Gasteiger charge is 2.38. The number of nitriles is 1. The largest absolute Gasteiger partial charge is 0.468 e. The highest BCUT2D eigenvalue weighted by Crippen LogP contribution is 2.28. The third-order valence-electron chi connectivity index (χ3n) is 7.04. The van der Waals surface area contributed by atoms with Gasteiger partial charge in [0.05, 0.1) is 31.3 Å². The van der Waals surface area contributed by atoms with Gasteiger partial charge in [0, 0.05) is 30.3 Å². The third kappa shape index (κ3) is 4.37. The minimum atomic E-state index is -0.283. The zero-order chi connectivity index (χ0) is 22.7. The summed E-state index contributed by atoms with van der Waals surface area (Å²) in [6, 6.07) is 10.3. The van der Waals surface area contributed by atoms with Crippen LogP contribution in [0.1, 0.15) is 50.3 Å². The molecular formula is C25H32N4O3. The fourth-order valence-corrected chi connectivity index (χ4v) is 5.42. The summed E-state index contributed by atoms with van der Waals surface area (Å²) >= 11 is 0. The Kier molecular flexibility index (Phi) is 6.80. The lowest BCUT2D eigenvalue weighted by Gasteiger charge is -2.31. The average Bonchev–Trinajstić information content (AvgIpc) is 3.54. The predicted octanol–water partition coefficient (Wildman–Crippen LogP) is 3.09. The first-order valence-electron chi connectivity index (χ1n) is 11.7. The van der Waals surface area contributed by atoms with Crippen molar-refractivity contribution in [2.75, 3.05) is 26.7 Å². The number of hydrogen-bond acceptors (Lipinski definition) is 5. The number of rotatable bonds is 7. The molecule has 32 heavy (non-hydrogen) atoms. The van der Waals surface area contributed by atoms with Crippen LogP contribution < -0.4 is 0 Å². The molecule has 1 aromatic carbocycles. The van der Waals surface area contributed by atoms with E-state index in [0.717, 1.165) is 69.1 Å². The summed E-state index contributed by atoms with van der Waals surface area (Å²) in [5.74, 6) is -0.113. The Morgan fingerprint density at radius 2 is 2.00 bits per heavy atom. The van der Waals surface area contributed by atoms with E-state index in [1.165, 1.54) is 12.8 Å². The van der Waals surface area contributed by atoms with Gasteiger partial charge >= 0.3 is 5.97 Å². The first-order valence-corrected chi connectivity index (χ1v) is 11.7. The molecule has 1 aromatic heterocycles. The standard InChI is InChI=1S/C25H32N4O3/c1-3-28-21(15-19-9-8-18(16-26)14-23(19)28)11-10-20-6-4-13-29(20)25(31)22-7-5-12-27(22)17-24(30)32-2/h8-9,14-15,20,22H,3-7,10-13,17H2,1-2H3. The van der Waals surface area contributed by atoms with Gasteiger partial charge in [0.25, 0.3) is 0 Å². The van der Waals surface area contributed by atoms with E-state index in [1.54, 1.807) is 0 Å². The third-order valence-corrected chi connectivity index (χ3v) is 7.04. The second-order valence-electron chi connectivity index (χ2n) is 8.84. The van der Waals surface area contributed by atoms with Gasteiger partial charge in [-0.2, -0.15) is 5.26 Å². The zero-order valence-electron chi connectivity index (χ0n) is 19.0. The number of benzene rings is 1. The van der Waals surface area contributed by atoms with Crippen LogP contribution in [0.3, 0.4) is 0 Å². The summed E-state index contributed by atoms with van der Waals surface area (Å²) in [5, 5.41) is 10.4. The van der Waals surface area contributed by atoms with Crippen LogP contribution in [0.2, 0.25) is 0 Å². The summed E-state index contributed by atoms with van der Waals surface area (Å²) in [7, 11) is 1.39. The molecule has 1 amide bonds. The van der Waals surface area contributed by atoms with Crippen molar-refractivity contribution in [3.05, 3.63) is 35.5 Å². The molecule has 0 saturated carbocycles. The predicted molar refractivity (Wildman–Crippen MR) is 122 cm³/mol. The number of esters is 1. The van der Waals surface area contributed by atoms with Gasteiger partial charge in [0.15, 0.2) is 0 Å². The van der Waals surface area contributed by atoms with Crippen molar-refractivity contribution in [3.63, 3.8) is 0 Å². The number of methoxy groups -OCH3 is 1. The Hall–Kier alpha value is -2.85. The van der Waals surface area contributed by atoms with Gasteiger partial charge < -0.3 is 14.2 Å². The molecule has 7 heteroatoms. The van der Waals surface area contributed by atoms with E-state index in [2.05, 4.69) is 28.5 Å². The summed E-state index contributed by atoms with van der Waals surface area (Å²) in [4.78, 5) is 29.2. The molecule has 3 heterocycles. The number of nitrogens with zero attached hydrogens (tertiary/aromatic N) is 4. The number of carbonyl (C=O) groups is 2. The van der Waals surface area contributed by atoms with E-state index in [-0.39, 0.29) is 30.5 Å². The fourth-order valence-electron chi connectivity index (χ4n) is 5.42. The molecule has 170 valence electrons. The van der Waals surface area contributed by atoms with Crippen LogP contribution in [0.15, 0.2) is 24.3 Å². The molecule has 2 saturated heterocycles. The highest BCUT2D eigenvalue weighted by atomic mass is 16.5. The van der Waals surface area contributed by atoms with Crippen molar-refractivity contribution in [1.82, 2.24) is 14.4 Å². The SMILES string of the molecule is CCn1c(CCC2CCCN2C(=O)C2CCCN2CC(=O)OC)cc2ccc(C#N)cc21. The Bertz CT molecular complexity index is 1040. The number of hydrogen-bond donors (Lipinski definition) is 0. The maximum Gasteiger partial charge on any atom is 0.319 e. The summed E-state index contributed by atoms with van der Waals surface area (Å²) in [6.45, 7) is 4.74. The van der Waals surface area contributed by atoms with E-state index in [0.29, 0.717) is 5.56 Å². The molecule has 0 bridgehead atoms. The maximum absolute atomic E-state index is 13.4. The number of likely N-dealkylation sites (tertiary alicyclic amines) is 2. The normalized spacial score (nSPS) is 21.2. The lowest BCUT2D eigenvalue weighted by Crippen LogP contribution is -2.48. The smallest absolute Gasteiger partial charge is 0.319 e. The van der Waals surface area contributed by atoms with Gasteiger partial charge in [0.1, 0.15) is 0 Å². The molecule has 0 N–H and O–H groups in total. The number of amides is 1. The Balaban J connectivity index is 1.45. The van der Waals surface area contributed by atoms with Crippen molar-refractivity contribution in [3.8, 4) is 6.07 Å². The van der Waals surface area contributed by atoms with Gasteiger partial charge in [-0.05, 0) is 75.6 Å². The summed E-state index contributed by atoms with van der Waals surface area (Å²) < 4.78 is 7.09. The lowest BCUT2D eigenvalue weighted by molar-refractivity contribution is -0.144. The van der Waals surface area contributed by atoms with E-state index < -0.39 is 0 Å². The molecule has 2 aliphatic rings. The van der Waals surface area contributed by atoms with E-state index in [4.69, 9.17) is 4.74 Å². The van der Waals surface area contributed by atoms with E-state index >= 15 is 0 Å². The van der Waals surface area contributed by atoms with Crippen LogP contribution in [0.4, 0.5) is 0 Å². The van der Waals surface area contributed by atoms with Gasteiger partial charge in [-0.25, -0.2) is 0 Å². The first-order chi connectivity index (χ1) is 15.5. The van der Waals surface area contributed by atoms with Crippen LogP contribution in [-0.2, 0) is 27.3 Å². The molecule has 2 unspecified atom stereocenters. The van der Waals surface area contributed by atoms with Crippen LogP contribution in [0, 0.1) is 11.3 Å². The van der Waals surface area contributed by atoms with Crippen molar-refractivity contribution in [1.29, 1.82) is 5.26 Å². The van der Waals surface area contributed by atoms with E-state index in [1.807, 2.05) is 23.1 Å². The minimum Gasteiger partial charge on any atom is -0.468 e. The van der Waals surface area contributed by atoms with Crippen molar-refractivity contribution < 1.29 is 14.3 Å². The molecule has 2 atom stereocenters.